The van der Waals surface area contributed by atoms with Crippen molar-refractivity contribution in [3.8, 4) is 5.75 Å². The van der Waals surface area contributed by atoms with Crippen molar-refractivity contribution in [3.05, 3.63) is 29.6 Å². The SMILES string of the molecule is C[C@H](N)c1ccc(F)cc1OCCCCCO. The van der Waals surface area contributed by atoms with Crippen LogP contribution in [0, 0.1) is 5.82 Å². The number of nitrogens with two attached hydrogens (primary N) is 1. The van der Waals surface area contributed by atoms with Crippen LogP contribution in [0.3, 0.4) is 0 Å². The Morgan fingerprint density at radius 1 is 1.35 bits per heavy atom. The van der Waals surface area contributed by atoms with Gasteiger partial charge in [-0.25, -0.2) is 4.39 Å². The molecular weight excluding hydrogens is 221 g/mol. The van der Waals surface area contributed by atoms with E-state index >= 15 is 0 Å². The van der Waals surface area contributed by atoms with E-state index in [0.717, 1.165) is 24.8 Å². The zero-order valence-corrected chi connectivity index (χ0v) is 10.2. The van der Waals surface area contributed by atoms with E-state index in [2.05, 4.69) is 0 Å². The zero-order valence-electron chi connectivity index (χ0n) is 10.2. The van der Waals surface area contributed by atoms with Gasteiger partial charge < -0.3 is 15.6 Å². The molecule has 0 amide bonds. The van der Waals surface area contributed by atoms with Crippen LogP contribution in [-0.2, 0) is 0 Å². The molecule has 0 heterocycles. The lowest BCUT2D eigenvalue weighted by atomic mass is 10.1. The van der Waals surface area contributed by atoms with Gasteiger partial charge >= 0.3 is 0 Å². The van der Waals surface area contributed by atoms with Crippen molar-refractivity contribution in [1.29, 1.82) is 0 Å². The van der Waals surface area contributed by atoms with E-state index in [0.29, 0.717) is 12.4 Å². The highest BCUT2D eigenvalue weighted by Gasteiger charge is 2.09. The van der Waals surface area contributed by atoms with Gasteiger partial charge in [0, 0.05) is 24.3 Å². The Kier molecular flexibility index (Phi) is 5.94. The summed E-state index contributed by atoms with van der Waals surface area (Å²) in [6.45, 7) is 2.56. The summed E-state index contributed by atoms with van der Waals surface area (Å²) in [6.07, 6.45) is 2.52. The molecule has 0 spiro atoms. The Labute approximate surface area is 101 Å². The normalized spacial score (nSPS) is 12.5. The van der Waals surface area contributed by atoms with Crippen LogP contribution in [0.25, 0.3) is 0 Å². The van der Waals surface area contributed by atoms with Crippen LogP contribution >= 0.6 is 0 Å². The van der Waals surface area contributed by atoms with E-state index in [4.69, 9.17) is 15.6 Å². The van der Waals surface area contributed by atoms with Crippen molar-refractivity contribution in [2.24, 2.45) is 5.73 Å². The quantitative estimate of drug-likeness (QED) is 0.721. The van der Waals surface area contributed by atoms with Crippen LogP contribution < -0.4 is 10.5 Å². The van der Waals surface area contributed by atoms with Gasteiger partial charge in [0.15, 0.2) is 0 Å². The number of hydrogen-bond acceptors (Lipinski definition) is 3. The van der Waals surface area contributed by atoms with Crippen LogP contribution in [0.4, 0.5) is 4.39 Å². The Morgan fingerprint density at radius 2 is 2.12 bits per heavy atom. The van der Waals surface area contributed by atoms with Crippen molar-refractivity contribution in [1.82, 2.24) is 0 Å². The van der Waals surface area contributed by atoms with Crippen LogP contribution in [0.1, 0.15) is 37.8 Å². The third-order valence-electron chi connectivity index (χ3n) is 2.53. The second-order valence-electron chi connectivity index (χ2n) is 4.10. The molecule has 1 aromatic rings. The Hall–Kier alpha value is -1.13. The van der Waals surface area contributed by atoms with Gasteiger partial charge in [-0.2, -0.15) is 0 Å². The van der Waals surface area contributed by atoms with Crippen LogP contribution in [0.5, 0.6) is 5.75 Å². The number of aliphatic hydroxyl groups excluding tert-OH is 1. The molecular formula is C13H20FNO2. The molecule has 0 aliphatic heterocycles. The van der Waals surface area contributed by atoms with E-state index in [1.54, 1.807) is 6.07 Å². The molecule has 0 aliphatic carbocycles. The standard InChI is InChI=1S/C13H20FNO2/c1-10(15)12-6-5-11(14)9-13(12)17-8-4-2-3-7-16/h5-6,9-10,16H,2-4,7-8,15H2,1H3/t10-/m0/s1. The van der Waals surface area contributed by atoms with E-state index < -0.39 is 0 Å². The molecule has 4 heteroatoms. The van der Waals surface area contributed by atoms with Crippen molar-refractivity contribution in [2.45, 2.75) is 32.2 Å². The fraction of sp³-hybridized carbons (Fsp3) is 0.538. The highest BCUT2D eigenvalue weighted by molar-refractivity contribution is 5.36. The molecule has 0 bridgehead atoms. The first kappa shape index (κ1) is 13.9. The fourth-order valence-electron chi connectivity index (χ4n) is 1.58. The van der Waals surface area contributed by atoms with Crippen molar-refractivity contribution in [2.75, 3.05) is 13.2 Å². The summed E-state index contributed by atoms with van der Waals surface area (Å²) in [5.74, 6) is 0.198. The molecule has 1 aromatic carbocycles. The fourth-order valence-corrected chi connectivity index (χ4v) is 1.58. The topological polar surface area (TPSA) is 55.5 Å². The minimum Gasteiger partial charge on any atom is -0.493 e. The van der Waals surface area contributed by atoms with Crippen LogP contribution in [0.15, 0.2) is 18.2 Å². The number of ether oxygens (including phenoxy) is 1. The van der Waals surface area contributed by atoms with Crippen molar-refractivity contribution in [3.63, 3.8) is 0 Å². The van der Waals surface area contributed by atoms with Crippen molar-refractivity contribution < 1.29 is 14.2 Å². The predicted octanol–water partition coefficient (Wildman–Crippen LogP) is 2.39. The summed E-state index contributed by atoms with van der Waals surface area (Å²) in [6, 6.07) is 4.23. The molecule has 0 fully saturated rings. The molecule has 3 nitrogen and oxygen atoms in total. The van der Waals surface area contributed by atoms with E-state index in [1.807, 2.05) is 6.92 Å². The van der Waals surface area contributed by atoms with Crippen LogP contribution in [0.2, 0.25) is 0 Å². The second-order valence-corrected chi connectivity index (χ2v) is 4.10. The number of hydrogen-bond donors (Lipinski definition) is 2. The Bertz CT molecular complexity index is 342. The minimum atomic E-state index is -0.320. The summed E-state index contributed by atoms with van der Waals surface area (Å²) >= 11 is 0. The van der Waals surface area contributed by atoms with Gasteiger partial charge in [0.25, 0.3) is 0 Å². The lowest BCUT2D eigenvalue weighted by Gasteiger charge is -2.14. The first-order valence-corrected chi connectivity index (χ1v) is 5.94. The summed E-state index contributed by atoms with van der Waals surface area (Å²) in [7, 11) is 0. The molecule has 96 valence electrons. The second kappa shape index (κ2) is 7.25. The number of halogens is 1. The molecule has 17 heavy (non-hydrogen) atoms. The van der Waals surface area contributed by atoms with Gasteiger partial charge in [0.05, 0.1) is 6.61 Å². The average Bonchev–Trinajstić information content (AvgIpc) is 2.28. The van der Waals surface area contributed by atoms with Gasteiger partial charge in [-0.05, 0) is 32.3 Å². The maximum Gasteiger partial charge on any atom is 0.126 e. The van der Waals surface area contributed by atoms with Gasteiger partial charge in [0.2, 0.25) is 0 Å². The summed E-state index contributed by atoms with van der Waals surface area (Å²) in [4.78, 5) is 0. The summed E-state index contributed by atoms with van der Waals surface area (Å²) in [5.41, 5.74) is 6.59. The summed E-state index contributed by atoms with van der Waals surface area (Å²) in [5, 5.41) is 8.63. The highest BCUT2D eigenvalue weighted by atomic mass is 19.1. The van der Waals surface area contributed by atoms with Gasteiger partial charge in [-0.15, -0.1) is 0 Å². The maximum atomic E-state index is 13.1. The summed E-state index contributed by atoms with van der Waals surface area (Å²) < 4.78 is 18.6. The van der Waals surface area contributed by atoms with E-state index in [9.17, 15) is 4.39 Å². The lowest BCUT2D eigenvalue weighted by Crippen LogP contribution is -2.09. The number of unbranched alkanes of at least 4 members (excludes halogenated alkanes) is 2. The van der Waals surface area contributed by atoms with Gasteiger partial charge in [-0.3, -0.25) is 0 Å². The first-order chi connectivity index (χ1) is 8.15. The molecule has 3 N–H and O–H groups in total. The highest BCUT2D eigenvalue weighted by Crippen LogP contribution is 2.25. The maximum absolute atomic E-state index is 13.1. The third-order valence-corrected chi connectivity index (χ3v) is 2.53. The van der Waals surface area contributed by atoms with Gasteiger partial charge in [0.1, 0.15) is 11.6 Å². The third kappa shape index (κ3) is 4.71. The average molecular weight is 241 g/mol. The molecule has 0 unspecified atom stereocenters. The Balaban J connectivity index is 2.53. The minimum absolute atomic E-state index is 0.178. The molecule has 0 aromatic heterocycles. The monoisotopic (exact) mass is 241 g/mol. The number of benzene rings is 1. The first-order valence-electron chi connectivity index (χ1n) is 5.94. The molecule has 0 radical (unpaired) electrons. The smallest absolute Gasteiger partial charge is 0.126 e. The van der Waals surface area contributed by atoms with E-state index in [-0.39, 0.29) is 18.5 Å². The van der Waals surface area contributed by atoms with E-state index in [1.165, 1.54) is 12.1 Å². The molecule has 1 atom stereocenters. The molecule has 0 saturated heterocycles. The zero-order chi connectivity index (χ0) is 12.7. The van der Waals surface area contributed by atoms with Crippen molar-refractivity contribution >= 4 is 0 Å². The number of rotatable bonds is 7. The predicted molar refractivity (Wildman–Crippen MR) is 65.4 cm³/mol. The van der Waals surface area contributed by atoms with Crippen LogP contribution in [-0.4, -0.2) is 18.3 Å². The van der Waals surface area contributed by atoms with Gasteiger partial charge in [-0.1, -0.05) is 6.07 Å². The number of aliphatic hydroxyl groups is 1. The molecule has 1 rings (SSSR count). The Morgan fingerprint density at radius 3 is 2.76 bits per heavy atom. The largest absolute Gasteiger partial charge is 0.493 e. The lowest BCUT2D eigenvalue weighted by molar-refractivity contribution is 0.264. The molecule has 0 aliphatic rings. The molecule has 0 saturated carbocycles.